The van der Waals surface area contributed by atoms with Gasteiger partial charge in [0, 0.05) is 6.61 Å². The van der Waals surface area contributed by atoms with Crippen molar-refractivity contribution in [3.8, 4) is 0 Å². The van der Waals surface area contributed by atoms with E-state index in [2.05, 4.69) is 6.92 Å². The van der Waals surface area contributed by atoms with Crippen LogP contribution in [0.3, 0.4) is 0 Å². The molecule has 1 heteroatoms. The Bertz CT molecular complexity index is 109. The fourth-order valence-corrected chi connectivity index (χ4v) is 1.66. The summed E-state index contributed by atoms with van der Waals surface area (Å²) in [5.74, 6) is 1.02. The summed E-state index contributed by atoms with van der Waals surface area (Å²) >= 11 is 0. The van der Waals surface area contributed by atoms with E-state index in [-0.39, 0.29) is 0 Å². The molecule has 1 heterocycles. The van der Waals surface area contributed by atoms with Crippen molar-refractivity contribution in [2.75, 3.05) is 13.2 Å². The SMILES string of the molecule is CC12COCCC1C2. The Balaban J connectivity index is 2.04. The van der Waals surface area contributed by atoms with Crippen molar-refractivity contribution in [2.45, 2.75) is 19.8 Å². The molecular formula is C7H12O. The van der Waals surface area contributed by atoms with Crippen molar-refractivity contribution in [2.24, 2.45) is 11.3 Å². The van der Waals surface area contributed by atoms with Crippen LogP contribution in [0.4, 0.5) is 0 Å². The molecule has 2 aliphatic rings. The van der Waals surface area contributed by atoms with E-state index in [0.717, 1.165) is 19.1 Å². The topological polar surface area (TPSA) is 9.23 Å². The summed E-state index contributed by atoms with van der Waals surface area (Å²) in [6, 6.07) is 0. The molecule has 0 N–H and O–H groups in total. The lowest BCUT2D eigenvalue weighted by atomic mass is 10.1. The fourth-order valence-electron chi connectivity index (χ4n) is 1.66. The lowest BCUT2D eigenvalue weighted by Crippen LogP contribution is -2.16. The van der Waals surface area contributed by atoms with Gasteiger partial charge in [0.05, 0.1) is 6.61 Å². The molecule has 0 aromatic carbocycles. The molecule has 8 heavy (non-hydrogen) atoms. The van der Waals surface area contributed by atoms with Gasteiger partial charge in [-0.25, -0.2) is 0 Å². The maximum atomic E-state index is 5.33. The average Bonchev–Trinajstić information content (AvgIpc) is 2.39. The van der Waals surface area contributed by atoms with E-state index in [1.807, 2.05) is 0 Å². The molecule has 0 bridgehead atoms. The Labute approximate surface area is 50.0 Å². The molecule has 0 radical (unpaired) electrons. The molecule has 0 aromatic rings. The predicted molar refractivity (Wildman–Crippen MR) is 31.6 cm³/mol. The molecular weight excluding hydrogens is 100 g/mol. The standard InChI is InChI=1S/C7H12O/c1-7-4-6(7)2-3-8-5-7/h6H,2-5H2,1H3. The third kappa shape index (κ3) is 0.510. The van der Waals surface area contributed by atoms with Crippen LogP contribution in [0.1, 0.15) is 19.8 Å². The van der Waals surface area contributed by atoms with Crippen LogP contribution in [0.15, 0.2) is 0 Å². The lowest BCUT2D eigenvalue weighted by molar-refractivity contribution is 0.0543. The van der Waals surface area contributed by atoms with Gasteiger partial charge >= 0.3 is 0 Å². The Hall–Kier alpha value is -0.0400. The van der Waals surface area contributed by atoms with E-state index >= 15 is 0 Å². The summed E-state index contributed by atoms with van der Waals surface area (Å²) < 4.78 is 5.33. The summed E-state index contributed by atoms with van der Waals surface area (Å²) in [4.78, 5) is 0. The van der Waals surface area contributed by atoms with Crippen LogP contribution in [-0.4, -0.2) is 13.2 Å². The minimum atomic E-state index is 0.623. The van der Waals surface area contributed by atoms with Crippen LogP contribution in [0.5, 0.6) is 0 Å². The molecule has 0 amide bonds. The van der Waals surface area contributed by atoms with Crippen molar-refractivity contribution < 1.29 is 4.74 Å². The Morgan fingerprint density at radius 2 is 2.50 bits per heavy atom. The van der Waals surface area contributed by atoms with Gasteiger partial charge in [-0.1, -0.05) is 6.92 Å². The van der Waals surface area contributed by atoms with Gasteiger partial charge < -0.3 is 4.74 Å². The summed E-state index contributed by atoms with van der Waals surface area (Å²) in [7, 11) is 0. The van der Waals surface area contributed by atoms with Gasteiger partial charge in [0.2, 0.25) is 0 Å². The van der Waals surface area contributed by atoms with Crippen LogP contribution in [0.2, 0.25) is 0 Å². The smallest absolute Gasteiger partial charge is 0.0522 e. The molecule has 1 saturated carbocycles. The highest BCUT2D eigenvalue weighted by molar-refractivity contribution is 5.00. The first-order chi connectivity index (χ1) is 3.81. The van der Waals surface area contributed by atoms with Gasteiger partial charge in [-0.2, -0.15) is 0 Å². The minimum absolute atomic E-state index is 0.623. The van der Waals surface area contributed by atoms with Gasteiger partial charge in [-0.05, 0) is 24.2 Å². The van der Waals surface area contributed by atoms with Crippen molar-refractivity contribution >= 4 is 0 Å². The van der Waals surface area contributed by atoms with E-state index in [0.29, 0.717) is 5.41 Å². The van der Waals surface area contributed by atoms with Crippen LogP contribution in [0, 0.1) is 11.3 Å². The molecule has 0 aromatic heterocycles. The molecule has 1 aliphatic heterocycles. The second kappa shape index (κ2) is 1.27. The maximum absolute atomic E-state index is 5.33. The summed E-state index contributed by atoms with van der Waals surface area (Å²) in [5, 5.41) is 0. The Morgan fingerprint density at radius 1 is 1.62 bits per heavy atom. The van der Waals surface area contributed by atoms with Crippen molar-refractivity contribution in [3.63, 3.8) is 0 Å². The predicted octanol–water partition coefficient (Wildman–Crippen LogP) is 1.43. The molecule has 1 aliphatic carbocycles. The fraction of sp³-hybridized carbons (Fsp3) is 1.00. The molecule has 1 nitrogen and oxygen atoms in total. The number of rotatable bonds is 0. The van der Waals surface area contributed by atoms with Gasteiger partial charge in [-0.15, -0.1) is 0 Å². The molecule has 2 atom stereocenters. The number of hydrogen-bond acceptors (Lipinski definition) is 1. The zero-order chi connectivity index (χ0) is 5.61. The second-order valence-corrected chi connectivity index (χ2v) is 3.40. The summed E-state index contributed by atoms with van der Waals surface area (Å²) in [6.45, 7) is 4.37. The molecule has 46 valence electrons. The highest BCUT2D eigenvalue weighted by Crippen LogP contribution is 2.56. The Kier molecular flexibility index (Phi) is 0.762. The first kappa shape index (κ1) is 4.80. The lowest BCUT2D eigenvalue weighted by Gasteiger charge is -2.16. The number of fused-ring (bicyclic) bond motifs is 1. The third-order valence-electron chi connectivity index (χ3n) is 2.58. The first-order valence-corrected chi connectivity index (χ1v) is 3.39. The van der Waals surface area contributed by atoms with Gasteiger partial charge in [0.15, 0.2) is 0 Å². The van der Waals surface area contributed by atoms with Crippen LogP contribution in [0.25, 0.3) is 0 Å². The molecule has 1 saturated heterocycles. The quantitative estimate of drug-likeness (QED) is 0.460. The van der Waals surface area contributed by atoms with Gasteiger partial charge in [0.1, 0.15) is 0 Å². The first-order valence-electron chi connectivity index (χ1n) is 3.39. The second-order valence-electron chi connectivity index (χ2n) is 3.40. The van der Waals surface area contributed by atoms with Crippen molar-refractivity contribution in [1.82, 2.24) is 0 Å². The number of hydrogen-bond donors (Lipinski definition) is 0. The van der Waals surface area contributed by atoms with Crippen LogP contribution in [-0.2, 0) is 4.74 Å². The molecule has 2 rings (SSSR count). The Morgan fingerprint density at radius 3 is 3.00 bits per heavy atom. The molecule has 0 spiro atoms. The summed E-state index contributed by atoms with van der Waals surface area (Å²) in [5.41, 5.74) is 0.623. The zero-order valence-corrected chi connectivity index (χ0v) is 5.31. The van der Waals surface area contributed by atoms with Gasteiger partial charge in [-0.3, -0.25) is 0 Å². The van der Waals surface area contributed by atoms with E-state index in [1.54, 1.807) is 0 Å². The molecule has 2 fully saturated rings. The maximum Gasteiger partial charge on any atom is 0.0522 e. The minimum Gasteiger partial charge on any atom is -0.381 e. The van der Waals surface area contributed by atoms with Crippen LogP contribution >= 0.6 is 0 Å². The third-order valence-corrected chi connectivity index (χ3v) is 2.58. The van der Waals surface area contributed by atoms with E-state index in [9.17, 15) is 0 Å². The van der Waals surface area contributed by atoms with E-state index in [1.165, 1.54) is 12.8 Å². The average molecular weight is 112 g/mol. The van der Waals surface area contributed by atoms with E-state index < -0.39 is 0 Å². The zero-order valence-electron chi connectivity index (χ0n) is 5.31. The van der Waals surface area contributed by atoms with Crippen molar-refractivity contribution in [1.29, 1.82) is 0 Å². The summed E-state index contributed by atoms with van der Waals surface area (Å²) in [6.07, 6.45) is 2.74. The highest BCUT2D eigenvalue weighted by atomic mass is 16.5. The van der Waals surface area contributed by atoms with E-state index in [4.69, 9.17) is 4.74 Å². The monoisotopic (exact) mass is 112 g/mol. The largest absolute Gasteiger partial charge is 0.381 e. The number of ether oxygens (including phenoxy) is 1. The normalized spacial score (nSPS) is 52.9. The highest BCUT2D eigenvalue weighted by Gasteiger charge is 2.51. The van der Waals surface area contributed by atoms with Crippen LogP contribution < -0.4 is 0 Å². The van der Waals surface area contributed by atoms with Crippen molar-refractivity contribution in [3.05, 3.63) is 0 Å². The van der Waals surface area contributed by atoms with Gasteiger partial charge in [0.25, 0.3) is 0 Å². The molecule has 2 unspecified atom stereocenters.